The van der Waals surface area contributed by atoms with Crippen LogP contribution in [0.2, 0.25) is 0 Å². The number of anilines is 1. The first-order valence-corrected chi connectivity index (χ1v) is 12.4. The molecule has 0 atom stereocenters. The van der Waals surface area contributed by atoms with E-state index in [1.807, 2.05) is 42.5 Å². The Morgan fingerprint density at radius 1 is 0.947 bits per heavy atom. The molecule has 0 unspecified atom stereocenters. The number of fused-ring (bicyclic) bond motifs is 1. The summed E-state index contributed by atoms with van der Waals surface area (Å²) in [6, 6.07) is 23.8. The monoisotopic (exact) mass is 530 g/mol. The molecule has 1 N–H and O–H groups in total. The lowest BCUT2D eigenvalue weighted by atomic mass is 10.1. The van der Waals surface area contributed by atoms with Crippen LogP contribution < -0.4 is 10.1 Å². The van der Waals surface area contributed by atoms with Gasteiger partial charge in [0.05, 0.1) is 10.6 Å². The summed E-state index contributed by atoms with van der Waals surface area (Å²) in [5.41, 5.74) is 1.34. The highest BCUT2D eigenvalue weighted by Gasteiger charge is 2.36. The third-order valence-electron chi connectivity index (χ3n) is 5.85. The first-order valence-electron chi connectivity index (χ1n) is 11.6. The lowest BCUT2D eigenvalue weighted by Crippen LogP contribution is -2.36. The van der Waals surface area contributed by atoms with Gasteiger partial charge in [-0.15, -0.1) is 0 Å². The zero-order valence-electron chi connectivity index (χ0n) is 19.8. The molecule has 190 valence electrons. The number of para-hydroxylation sites is 1. The molecule has 0 aliphatic carbocycles. The number of carbonyl (C=O) groups excluding carboxylic acids is 3. The number of amides is 3. The van der Waals surface area contributed by atoms with Crippen LogP contribution in [0.25, 0.3) is 16.8 Å². The molecule has 3 amide bonds. The molecule has 1 aliphatic rings. The Bertz CT molecular complexity index is 1600. The van der Waals surface area contributed by atoms with Gasteiger partial charge in [-0.05, 0) is 52.4 Å². The molecule has 1 saturated heterocycles. The third kappa shape index (κ3) is 5.42. The SMILES string of the molecule is O=C(CN1C(=O)S/C(=C\c2ccccc2OCc2cccc3ccccc23)C1=O)Nc1ccc(F)cc1F. The fraction of sp³-hybridized carbons (Fsp3) is 0.0690. The van der Waals surface area contributed by atoms with Crippen molar-refractivity contribution in [1.29, 1.82) is 0 Å². The number of hydrogen-bond acceptors (Lipinski definition) is 5. The molecule has 38 heavy (non-hydrogen) atoms. The van der Waals surface area contributed by atoms with Gasteiger partial charge in [0, 0.05) is 11.6 Å². The Morgan fingerprint density at radius 2 is 1.71 bits per heavy atom. The molecule has 9 heteroatoms. The fourth-order valence-corrected chi connectivity index (χ4v) is 4.84. The second-order valence-electron chi connectivity index (χ2n) is 8.40. The van der Waals surface area contributed by atoms with Crippen LogP contribution in [0, 0.1) is 11.6 Å². The number of imide groups is 1. The average molecular weight is 531 g/mol. The fourth-order valence-electron chi connectivity index (χ4n) is 4.01. The molecular formula is C29H20F2N2O4S. The van der Waals surface area contributed by atoms with Crippen molar-refractivity contribution < 1.29 is 27.9 Å². The van der Waals surface area contributed by atoms with Crippen molar-refractivity contribution in [3.63, 3.8) is 0 Å². The molecule has 0 saturated carbocycles. The summed E-state index contributed by atoms with van der Waals surface area (Å²) in [4.78, 5) is 38.7. The van der Waals surface area contributed by atoms with Crippen molar-refractivity contribution in [2.24, 2.45) is 0 Å². The smallest absolute Gasteiger partial charge is 0.294 e. The zero-order chi connectivity index (χ0) is 26.6. The minimum Gasteiger partial charge on any atom is -0.488 e. The molecule has 1 fully saturated rings. The molecule has 6 nitrogen and oxygen atoms in total. The van der Waals surface area contributed by atoms with E-state index in [1.165, 1.54) is 0 Å². The van der Waals surface area contributed by atoms with Crippen molar-refractivity contribution in [3.05, 3.63) is 113 Å². The number of halogens is 2. The molecule has 0 bridgehead atoms. The topological polar surface area (TPSA) is 75.7 Å². The lowest BCUT2D eigenvalue weighted by molar-refractivity contribution is -0.127. The second kappa shape index (κ2) is 10.9. The predicted octanol–water partition coefficient (Wildman–Crippen LogP) is 6.37. The van der Waals surface area contributed by atoms with Crippen molar-refractivity contribution in [3.8, 4) is 5.75 Å². The van der Waals surface area contributed by atoms with Crippen molar-refractivity contribution in [2.75, 3.05) is 11.9 Å². The normalized spacial score (nSPS) is 14.4. The van der Waals surface area contributed by atoms with Gasteiger partial charge in [-0.3, -0.25) is 19.3 Å². The number of ether oxygens (including phenoxy) is 1. The maximum Gasteiger partial charge on any atom is 0.294 e. The molecule has 4 aromatic rings. The summed E-state index contributed by atoms with van der Waals surface area (Å²) in [6.45, 7) is -0.314. The largest absolute Gasteiger partial charge is 0.488 e. The van der Waals surface area contributed by atoms with E-state index < -0.39 is 35.2 Å². The molecule has 0 radical (unpaired) electrons. The maximum atomic E-state index is 13.8. The first-order chi connectivity index (χ1) is 18.4. The Balaban J connectivity index is 1.30. The van der Waals surface area contributed by atoms with E-state index in [-0.39, 0.29) is 10.6 Å². The number of nitrogens with zero attached hydrogens (tertiary/aromatic N) is 1. The number of nitrogens with one attached hydrogen (secondary N) is 1. The number of carbonyl (C=O) groups is 3. The second-order valence-corrected chi connectivity index (χ2v) is 9.40. The highest BCUT2D eigenvalue weighted by Crippen LogP contribution is 2.34. The van der Waals surface area contributed by atoms with Gasteiger partial charge in [-0.1, -0.05) is 60.7 Å². The van der Waals surface area contributed by atoms with Crippen LogP contribution >= 0.6 is 11.8 Å². The van der Waals surface area contributed by atoms with E-state index in [2.05, 4.69) is 5.32 Å². The van der Waals surface area contributed by atoms with Gasteiger partial charge in [0.1, 0.15) is 30.5 Å². The Hall–Kier alpha value is -4.50. The lowest BCUT2D eigenvalue weighted by Gasteiger charge is -2.13. The predicted molar refractivity (Wildman–Crippen MR) is 142 cm³/mol. The van der Waals surface area contributed by atoms with Crippen LogP contribution in [-0.2, 0) is 16.2 Å². The molecule has 0 spiro atoms. The quantitative estimate of drug-likeness (QED) is 0.281. The molecule has 1 aliphatic heterocycles. The third-order valence-corrected chi connectivity index (χ3v) is 6.76. The van der Waals surface area contributed by atoms with Gasteiger partial charge in [-0.2, -0.15) is 0 Å². The van der Waals surface area contributed by atoms with Crippen LogP contribution in [0.1, 0.15) is 11.1 Å². The summed E-state index contributed by atoms with van der Waals surface area (Å²) in [5.74, 6) is -2.68. The number of hydrogen-bond donors (Lipinski definition) is 1. The molecule has 1 heterocycles. The van der Waals surface area contributed by atoms with Crippen molar-refractivity contribution >= 4 is 51.4 Å². The number of thioether (sulfide) groups is 1. The van der Waals surface area contributed by atoms with E-state index >= 15 is 0 Å². The van der Waals surface area contributed by atoms with Gasteiger partial charge >= 0.3 is 0 Å². The van der Waals surface area contributed by atoms with Crippen LogP contribution in [0.5, 0.6) is 5.75 Å². The summed E-state index contributed by atoms with van der Waals surface area (Å²) in [6.07, 6.45) is 1.54. The first kappa shape index (κ1) is 25.2. The summed E-state index contributed by atoms with van der Waals surface area (Å²) >= 11 is 0.694. The van der Waals surface area contributed by atoms with Gasteiger partial charge < -0.3 is 10.1 Å². The van der Waals surface area contributed by atoms with Crippen LogP contribution in [0.15, 0.2) is 89.8 Å². The summed E-state index contributed by atoms with van der Waals surface area (Å²) in [5, 5.41) is 3.79. The summed E-state index contributed by atoms with van der Waals surface area (Å²) < 4.78 is 33.0. The number of benzene rings is 4. The minimum atomic E-state index is -0.965. The molecule has 0 aromatic heterocycles. The molecule has 4 aromatic carbocycles. The Labute approximate surface area is 220 Å². The Morgan fingerprint density at radius 3 is 2.55 bits per heavy atom. The maximum absolute atomic E-state index is 13.8. The van der Waals surface area contributed by atoms with E-state index in [0.717, 1.165) is 33.4 Å². The van der Waals surface area contributed by atoms with Gasteiger partial charge in [0.25, 0.3) is 11.1 Å². The molecule has 5 rings (SSSR count). The number of rotatable bonds is 7. The van der Waals surface area contributed by atoms with Crippen LogP contribution in [0.4, 0.5) is 19.3 Å². The highest BCUT2D eigenvalue weighted by atomic mass is 32.2. The zero-order valence-corrected chi connectivity index (χ0v) is 20.6. The minimum absolute atomic E-state index is 0.122. The van der Waals surface area contributed by atoms with E-state index in [9.17, 15) is 23.2 Å². The molecular weight excluding hydrogens is 510 g/mol. The standard InChI is InChI=1S/C29H20F2N2O4S/c30-21-12-13-24(23(31)15-21)32-27(34)16-33-28(35)26(38-29(33)36)14-19-7-2-4-11-25(19)37-17-20-9-5-8-18-6-1-3-10-22(18)20/h1-15H,16-17H2,(H,32,34)/b26-14-. The van der Waals surface area contributed by atoms with Crippen LogP contribution in [-0.4, -0.2) is 28.5 Å². The average Bonchev–Trinajstić information content (AvgIpc) is 3.17. The van der Waals surface area contributed by atoms with E-state index in [4.69, 9.17) is 4.74 Å². The summed E-state index contributed by atoms with van der Waals surface area (Å²) in [7, 11) is 0. The van der Waals surface area contributed by atoms with Crippen molar-refractivity contribution in [1.82, 2.24) is 4.90 Å². The Kier molecular flexibility index (Phi) is 7.19. The van der Waals surface area contributed by atoms with Gasteiger partial charge in [0.15, 0.2) is 0 Å². The highest BCUT2D eigenvalue weighted by molar-refractivity contribution is 8.18. The van der Waals surface area contributed by atoms with Gasteiger partial charge in [-0.25, -0.2) is 8.78 Å². The van der Waals surface area contributed by atoms with Crippen LogP contribution in [0.3, 0.4) is 0 Å². The van der Waals surface area contributed by atoms with E-state index in [0.29, 0.717) is 35.7 Å². The van der Waals surface area contributed by atoms with Crippen molar-refractivity contribution in [2.45, 2.75) is 6.61 Å². The van der Waals surface area contributed by atoms with Gasteiger partial charge in [0.2, 0.25) is 5.91 Å². The van der Waals surface area contributed by atoms with E-state index in [1.54, 1.807) is 30.3 Å².